The molecule has 2 aliphatic heterocycles. The van der Waals surface area contributed by atoms with Gasteiger partial charge in [0.2, 0.25) is 0 Å². The zero-order valence-corrected chi connectivity index (χ0v) is 17.2. The number of alkyl halides is 3. The third-order valence-corrected chi connectivity index (χ3v) is 6.11. The molecule has 0 N–H and O–H groups in total. The van der Waals surface area contributed by atoms with Crippen LogP contribution in [0.3, 0.4) is 0 Å². The van der Waals surface area contributed by atoms with Crippen LogP contribution in [0.25, 0.3) is 0 Å². The minimum absolute atomic E-state index is 0.0343. The van der Waals surface area contributed by atoms with Gasteiger partial charge in [-0.2, -0.15) is 13.2 Å². The van der Waals surface area contributed by atoms with Gasteiger partial charge in [-0.1, -0.05) is 0 Å². The van der Waals surface area contributed by atoms with E-state index in [-0.39, 0.29) is 23.8 Å². The number of hydrogen-bond acceptors (Lipinski definition) is 6. The van der Waals surface area contributed by atoms with Crippen molar-refractivity contribution in [2.45, 2.75) is 25.1 Å². The molecule has 0 spiro atoms. The van der Waals surface area contributed by atoms with Crippen molar-refractivity contribution in [1.82, 2.24) is 10.2 Å². The van der Waals surface area contributed by atoms with E-state index in [1.54, 1.807) is 6.07 Å². The summed E-state index contributed by atoms with van der Waals surface area (Å²) in [4.78, 5) is 1.92. The molecule has 1 aromatic heterocycles. The van der Waals surface area contributed by atoms with E-state index in [2.05, 4.69) is 10.2 Å². The Balaban J connectivity index is 1.30. The van der Waals surface area contributed by atoms with Crippen molar-refractivity contribution in [3.05, 3.63) is 41.8 Å². The molecule has 1 saturated carbocycles. The number of aromatic nitrogens is 2. The lowest BCUT2D eigenvalue weighted by atomic mass is 9.84. The number of hydrogen-bond donors (Lipinski definition) is 0. The molecular formula is C22H23F4N3O3. The summed E-state index contributed by atoms with van der Waals surface area (Å²) in [6.07, 6.45) is -2.46. The molecule has 0 radical (unpaired) electrons. The normalized spacial score (nSPS) is 25.5. The molecule has 5 rings (SSSR count). The van der Waals surface area contributed by atoms with Gasteiger partial charge in [-0.05, 0) is 43.0 Å². The highest BCUT2D eigenvalue weighted by Crippen LogP contribution is 2.38. The molecule has 2 aromatic rings. The van der Waals surface area contributed by atoms with Crippen LogP contribution in [0.4, 0.5) is 23.4 Å². The van der Waals surface area contributed by atoms with Crippen LogP contribution in [-0.4, -0.2) is 49.2 Å². The Bertz CT molecular complexity index is 938. The monoisotopic (exact) mass is 453 g/mol. The fourth-order valence-corrected chi connectivity index (χ4v) is 4.25. The number of nitrogens with zero attached hydrogens (tertiary/aromatic N) is 3. The van der Waals surface area contributed by atoms with Crippen LogP contribution < -0.4 is 14.4 Å². The Morgan fingerprint density at radius 2 is 1.75 bits per heavy atom. The van der Waals surface area contributed by atoms with Crippen LogP contribution in [0, 0.1) is 23.6 Å². The van der Waals surface area contributed by atoms with Crippen molar-refractivity contribution in [3.8, 4) is 11.5 Å². The third-order valence-electron chi connectivity index (χ3n) is 6.11. The first-order valence-corrected chi connectivity index (χ1v) is 10.7. The number of halogens is 4. The molecule has 2 bridgehead atoms. The van der Waals surface area contributed by atoms with Gasteiger partial charge in [-0.15, -0.1) is 10.2 Å². The average Bonchev–Trinajstić information content (AvgIpc) is 3.57. The van der Waals surface area contributed by atoms with Crippen molar-refractivity contribution in [3.63, 3.8) is 0 Å². The summed E-state index contributed by atoms with van der Waals surface area (Å²) in [5.74, 6) is 1.35. The van der Waals surface area contributed by atoms with Gasteiger partial charge in [0.1, 0.15) is 11.9 Å². The molecule has 32 heavy (non-hydrogen) atoms. The Labute approximate surface area is 182 Å². The SMILES string of the molecule is Fc1ccc(OC2[C@@H]3COC[C@H]2CN(c2ccc(C(F)(F)F)nn2)C3)c(OCC2CC2)c1. The quantitative estimate of drug-likeness (QED) is 0.618. The van der Waals surface area contributed by atoms with Gasteiger partial charge in [-0.3, -0.25) is 0 Å². The molecule has 3 atom stereocenters. The van der Waals surface area contributed by atoms with Crippen LogP contribution in [0.2, 0.25) is 0 Å². The highest BCUT2D eigenvalue weighted by atomic mass is 19.4. The maximum Gasteiger partial charge on any atom is 0.435 e. The molecule has 3 heterocycles. The Kier molecular flexibility index (Phi) is 5.56. The summed E-state index contributed by atoms with van der Waals surface area (Å²) in [5, 5.41) is 7.12. The Hall–Kier alpha value is -2.62. The molecule has 2 saturated heterocycles. The molecule has 3 aliphatic rings. The van der Waals surface area contributed by atoms with Crippen molar-refractivity contribution in [2.24, 2.45) is 17.8 Å². The van der Waals surface area contributed by atoms with Crippen LogP contribution in [0.5, 0.6) is 11.5 Å². The first kappa shape index (κ1) is 21.2. The molecule has 10 heteroatoms. The highest BCUT2D eigenvalue weighted by molar-refractivity contribution is 5.42. The summed E-state index contributed by atoms with van der Waals surface area (Å²) in [6, 6.07) is 6.56. The van der Waals surface area contributed by atoms with E-state index in [9.17, 15) is 17.6 Å². The van der Waals surface area contributed by atoms with E-state index >= 15 is 0 Å². The number of piperidine rings is 1. The van der Waals surface area contributed by atoms with Gasteiger partial charge in [0.15, 0.2) is 23.0 Å². The van der Waals surface area contributed by atoms with E-state index in [1.165, 1.54) is 18.2 Å². The van der Waals surface area contributed by atoms with E-state index < -0.39 is 11.9 Å². The third kappa shape index (κ3) is 4.60. The molecule has 3 fully saturated rings. The van der Waals surface area contributed by atoms with Crippen molar-refractivity contribution < 1.29 is 31.8 Å². The smallest absolute Gasteiger partial charge is 0.435 e. The molecule has 1 unspecified atom stereocenters. The molecule has 1 aromatic carbocycles. The second-order valence-corrected chi connectivity index (χ2v) is 8.67. The van der Waals surface area contributed by atoms with Crippen molar-refractivity contribution in [1.29, 1.82) is 0 Å². The van der Waals surface area contributed by atoms with Gasteiger partial charge >= 0.3 is 6.18 Å². The van der Waals surface area contributed by atoms with Crippen LogP contribution in [0.15, 0.2) is 30.3 Å². The minimum Gasteiger partial charge on any atom is -0.489 e. The lowest BCUT2D eigenvalue weighted by Gasteiger charge is -2.46. The van der Waals surface area contributed by atoms with Crippen molar-refractivity contribution >= 4 is 5.82 Å². The molecule has 1 aliphatic carbocycles. The molecule has 0 amide bonds. The first-order chi connectivity index (χ1) is 15.4. The predicted octanol–water partition coefficient (Wildman–Crippen LogP) is 3.95. The maximum atomic E-state index is 13.8. The lowest BCUT2D eigenvalue weighted by Crippen LogP contribution is -2.57. The summed E-state index contributed by atoms with van der Waals surface area (Å²) < 4.78 is 70.0. The van der Waals surface area contributed by atoms with Crippen molar-refractivity contribution in [2.75, 3.05) is 37.8 Å². The topological polar surface area (TPSA) is 56.7 Å². The highest BCUT2D eigenvalue weighted by Gasteiger charge is 2.43. The zero-order valence-electron chi connectivity index (χ0n) is 17.2. The summed E-state index contributed by atoms with van der Waals surface area (Å²) >= 11 is 0. The van der Waals surface area contributed by atoms with E-state index in [0.29, 0.717) is 56.1 Å². The zero-order chi connectivity index (χ0) is 22.3. The second-order valence-electron chi connectivity index (χ2n) is 8.67. The number of rotatable bonds is 6. The van der Waals surface area contributed by atoms with Crippen LogP contribution in [-0.2, 0) is 10.9 Å². The first-order valence-electron chi connectivity index (χ1n) is 10.7. The van der Waals surface area contributed by atoms with Crippen LogP contribution in [0.1, 0.15) is 18.5 Å². The number of ether oxygens (including phenoxy) is 3. The summed E-state index contributed by atoms with van der Waals surface area (Å²) in [5.41, 5.74) is -1.02. The fourth-order valence-electron chi connectivity index (χ4n) is 4.25. The summed E-state index contributed by atoms with van der Waals surface area (Å²) in [6.45, 7) is 2.44. The Morgan fingerprint density at radius 1 is 1.00 bits per heavy atom. The predicted molar refractivity (Wildman–Crippen MR) is 106 cm³/mol. The molecule has 6 nitrogen and oxygen atoms in total. The van der Waals surface area contributed by atoms with Gasteiger partial charge in [0.05, 0.1) is 19.8 Å². The Morgan fingerprint density at radius 3 is 2.38 bits per heavy atom. The van der Waals surface area contributed by atoms with E-state index in [4.69, 9.17) is 14.2 Å². The fraction of sp³-hybridized carbons (Fsp3) is 0.545. The largest absolute Gasteiger partial charge is 0.489 e. The number of fused-ring (bicyclic) bond motifs is 2. The van der Waals surface area contributed by atoms with E-state index in [0.717, 1.165) is 18.9 Å². The van der Waals surface area contributed by atoms with Crippen LogP contribution >= 0.6 is 0 Å². The van der Waals surface area contributed by atoms with E-state index in [1.807, 2.05) is 4.90 Å². The van der Waals surface area contributed by atoms with Gasteiger partial charge in [-0.25, -0.2) is 4.39 Å². The summed E-state index contributed by atoms with van der Waals surface area (Å²) in [7, 11) is 0. The standard InChI is InChI=1S/C22H23F4N3O3/c23-16-3-4-17(18(7-16)31-10-13-1-2-13)32-21-14-8-29(9-15(21)12-30-11-14)20-6-5-19(27-28-20)22(24,25)26/h3-7,13-15,21H,1-2,8-12H2/t14-,15+,21?. The van der Waals surface area contributed by atoms with Gasteiger partial charge < -0.3 is 19.1 Å². The number of anilines is 1. The average molecular weight is 453 g/mol. The minimum atomic E-state index is -4.52. The molecular weight excluding hydrogens is 430 g/mol. The van der Waals surface area contributed by atoms with Gasteiger partial charge in [0, 0.05) is 31.0 Å². The second kappa shape index (κ2) is 8.38. The lowest BCUT2D eigenvalue weighted by molar-refractivity contribution is -0.141. The maximum absolute atomic E-state index is 13.8. The molecule has 172 valence electrons. The number of benzene rings is 1. The van der Waals surface area contributed by atoms with Gasteiger partial charge in [0.25, 0.3) is 0 Å².